The van der Waals surface area contributed by atoms with Crippen molar-refractivity contribution in [3.8, 4) is 0 Å². The van der Waals surface area contributed by atoms with Gasteiger partial charge in [-0.25, -0.2) is 0 Å². The number of rotatable bonds is 3. The topological polar surface area (TPSA) is 15.3 Å². The zero-order valence-electron chi connectivity index (χ0n) is 11.8. The van der Waals surface area contributed by atoms with E-state index in [2.05, 4.69) is 22.8 Å². The van der Waals surface area contributed by atoms with Crippen LogP contribution in [0.5, 0.6) is 0 Å². The first-order valence-corrected chi connectivity index (χ1v) is 6.78. The van der Waals surface area contributed by atoms with Crippen LogP contribution in [0.15, 0.2) is 17.0 Å². The monoisotopic (exact) mass is 328 g/mol. The molecular weight excluding hydrogens is 311 g/mol. The number of piperazine rings is 1. The quantitative estimate of drug-likeness (QED) is 0.532. The number of halogens is 3. The van der Waals surface area contributed by atoms with E-state index in [0.29, 0.717) is 17.0 Å². The van der Waals surface area contributed by atoms with Crippen molar-refractivity contribution in [3.05, 3.63) is 23.3 Å². The summed E-state index contributed by atoms with van der Waals surface area (Å²) in [4.78, 5) is 2.55. The van der Waals surface area contributed by atoms with Gasteiger partial charge in [-0.3, -0.25) is 4.90 Å². The standard InChI is InChI=1S/C12H17BF3N2S.K/c1-9-10(8-18-4-2-17-3-5-18)6-11(19)7-12(9)13(14,15)16;/h6-7,17,19H,2-5,8H2,1H3;/q-1;+1. The molecule has 1 fully saturated rings. The zero-order valence-corrected chi connectivity index (χ0v) is 15.8. The Morgan fingerprint density at radius 2 is 1.85 bits per heavy atom. The Balaban J connectivity index is 0.00000200. The molecule has 0 radical (unpaired) electrons. The smallest absolute Gasteiger partial charge is 0.445 e. The molecule has 106 valence electrons. The molecule has 2 nitrogen and oxygen atoms in total. The number of thiol groups is 1. The predicted molar refractivity (Wildman–Crippen MR) is 75.3 cm³/mol. The summed E-state index contributed by atoms with van der Waals surface area (Å²) < 4.78 is 39.0. The molecule has 0 aromatic heterocycles. The number of nitrogens with zero attached hydrogens (tertiary/aromatic N) is 1. The van der Waals surface area contributed by atoms with Crippen molar-refractivity contribution >= 4 is 25.1 Å². The van der Waals surface area contributed by atoms with E-state index in [0.717, 1.165) is 37.8 Å². The summed E-state index contributed by atoms with van der Waals surface area (Å²) in [7, 11) is 0. The van der Waals surface area contributed by atoms with Gasteiger partial charge in [-0.1, -0.05) is 11.6 Å². The second-order valence-corrected chi connectivity index (χ2v) is 5.44. The molecule has 0 unspecified atom stereocenters. The van der Waals surface area contributed by atoms with Gasteiger partial charge in [0.1, 0.15) is 0 Å². The Labute approximate surface area is 165 Å². The van der Waals surface area contributed by atoms with Crippen LogP contribution in [0, 0.1) is 6.92 Å². The first kappa shape index (κ1) is 19.0. The van der Waals surface area contributed by atoms with Gasteiger partial charge in [0, 0.05) is 37.6 Å². The Morgan fingerprint density at radius 3 is 2.40 bits per heavy atom. The van der Waals surface area contributed by atoms with Crippen LogP contribution < -0.4 is 62.2 Å². The second-order valence-electron chi connectivity index (χ2n) is 4.92. The fourth-order valence-corrected chi connectivity index (χ4v) is 2.69. The average Bonchev–Trinajstić information content (AvgIpc) is 2.33. The van der Waals surface area contributed by atoms with Crippen LogP contribution in [-0.2, 0) is 6.54 Å². The summed E-state index contributed by atoms with van der Waals surface area (Å²) in [5.74, 6) is 0. The van der Waals surface area contributed by atoms with Gasteiger partial charge >= 0.3 is 58.4 Å². The molecule has 20 heavy (non-hydrogen) atoms. The van der Waals surface area contributed by atoms with Crippen LogP contribution >= 0.6 is 12.6 Å². The van der Waals surface area contributed by atoms with Crippen molar-refractivity contribution in [2.75, 3.05) is 26.2 Å². The zero-order chi connectivity index (χ0) is 14.0. The first-order chi connectivity index (χ1) is 8.88. The Morgan fingerprint density at radius 1 is 1.25 bits per heavy atom. The number of hydrogen-bond donors (Lipinski definition) is 2. The van der Waals surface area contributed by atoms with Gasteiger partial charge in [-0.05, 0) is 18.6 Å². The summed E-state index contributed by atoms with van der Waals surface area (Å²) in [6, 6.07) is 2.87. The average molecular weight is 328 g/mol. The van der Waals surface area contributed by atoms with Crippen molar-refractivity contribution in [2.24, 2.45) is 0 Å². The van der Waals surface area contributed by atoms with Crippen LogP contribution in [0.2, 0.25) is 0 Å². The van der Waals surface area contributed by atoms with E-state index in [1.165, 1.54) is 0 Å². The van der Waals surface area contributed by atoms with Gasteiger partial charge in [0.25, 0.3) is 0 Å². The molecule has 0 aliphatic carbocycles. The maximum atomic E-state index is 13.0. The molecule has 0 saturated carbocycles. The van der Waals surface area contributed by atoms with E-state index < -0.39 is 12.4 Å². The number of hydrogen-bond acceptors (Lipinski definition) is 3. The van der Waals surface area contributed by atoms with Gasteiger partial charge in [-0.2, -0.15) is 0 Å². The third-order valence-electron chi connectivity index (χ3n) is 3.50. The van der Waals surface area contributed by atoms with Crippen LogP contribution in [-0.4, -0.2) is 38.1 Å². The molecule has 8 heteroatoms. The molecule has 1 aromatic carbocycles. The van der Waals surface area contributed by atoms with E-state index in [1.54, 1.807) is 13.0 Å². The molecular formula is C12H17BF3KN2S. The minimum Gasteiger partial charge on any atom is -0.445 e. The largest absolute Gasteiger partial charge is 1.00 e. The van der Waals surface area contributed by atoms with Crippen LogP contribution in [0.3, 0.4) is 0 Å². The van der Waals surface area contributed by atoms with Crippen molar-refractivity contribution < 1.29 is 64.3 Å². The fraction of sp³-hybridized carbons (Fsp3) is 0.500. The van der Waals surface area contributed by atoms with Gasteiger partial charge in [-0.15, -0.1) is 18.1 Å². The normalized spacial score (nSPS) is 16.9. The van der Waals surface area contributed by atoms with Gasteiger partial charge < -0.3 is 18.3 Å². The molecule has 0 bridgehead atoms. The Hall–Kier alpha value is 0.981. The van der Waals surface area contributed by atoms with Crippen LogP contribution in [0.25, 0.3) is 0 Å². The summed E-state index contributed by atoms with van der Waals surface area (Å²) >= 11 is 4.10. The summed E-state index contributed by atoms with van der Waals surface area (Å²) in [5.41, 5.74) is 0.546. The fourth-order valence-electron chi connectivity index (χ4n) is 2.40. The summed E-state index contributed by atoms with van der Waals surface area (Å²) in [6.45, 7) is 0.625. The molecule has 0 amide bonds. The molecule has 1 saturated heterocycles. The maximum Gasteiger partial charge on any atom is 1.00 e. The number of nitrogens with one attached hydrogen (secondary N) is 1. The molecule has 2 rings (SSSR count). The minimum atomic E-state index is -4.98. The maximum absolute atomic E-state index is 13.0. The molecule has 1 aliphatic heterocycles. The van der Waals surface area contributed by atoms with E-state index in [4.69, 9.17) is 0 Å². The molecule has 1 N–H and O–H groups in total. The first-order valence-electron chi connectivity index (χ1n) is 6.33. The summed E-state index contributed by atoms with van der Waals surface area (Å²) in [5, 5.41) is 3.23. The van der Waals surface area contributed by atoms with Gasteiger partial charge in [0.05, 0.1) is 0 Å². The van der Waals surface area contributed by atoms with E-state index >= 15 is 0 Å². The molecule has 0 atom stereocenters. The molecule has 1 aromatic rings. The van der Waals surface area contributed by atoms with E-state index in [1.807, 2.05) is 0 Å². The van der Waals surface area contributed by atoms with Crippen molar-refractivity contribution in [1.82, 2.24) is 10.2 Å². The second kappa shape index (κ2) is 8.01. The van der Waals surface area contributed by atoms with E-state index in [9.17, 15) is 12.9 Å². The number of benzene rings is 1. The molecule has 1 aliphatic rings. The molecule has 1 heterocycles. The third-order valence-corrected chi connectivity index (χ3v) is 3.75. The predicted octanol–water partition coefficient (Wildman–Crippen LogP) is -1.25. The van der Waals surface area contributed by atoms with Crippen molar-refractivity contribution in [2.45, 2.75) is 18.4 Å². The Bertz CT molecular complexity index is 465. The minimum absolute atomic E-state index is 0. The Kier molecular flexibility index (Phi) is 7.62. The van der Waals surface area contributed by atoms with Crippen LogP contribution in [0.4, 0.5) is 12.9 Å². The molecule has 0 spiro atoms. The SMILES string of the molecule is Cc1c(CN2CCNCC2)cc(S)cc1[B-](F)(F)F.[K+]. The van der Waals surface area contributed by atoms with Gasteiger partial charge in [0.2, 0.25) is 0 Å². The van der Waals surface area contributed by atoms with Crippen molar-refractivity contribution in [1.29, 1.82) is 0 Å². The van der Waals surface area contributed by atoms with Gasteiger partial charge in [0.15, 0.2) is 0 Å². The van der Waals surface area contributed by atoms with Crippen molar-refractivity contribution in [3.63, 3.8) is 0 Å². The summed E-state index contributed by atoms with van der Waals surface area (Å²) in [6.07, 6.45) is 0. The van der Waals surface area contributed by atoms with E-state index in [-0.39, 0.29) is 51.4 Å². The van der Waals surface area contributed by atoms with Crippen LogP contribution in [0.1, 0.15) is 11.1 Å². The third kappa shape index (κ3) is 5.02.